The minimum Gasteiger partial charge on any atom is -0.444 e. The Morgan fingerprint density at radius 2 is 1.72 bits per heavy atom. The number of aliphatic hydroxyl groups is 1. The predicted molar refractivity (Wildman–Crippen MR) is 111 cm³/mol. The molecule has 1 aromatic heterocycles. The molecular formula is C21H27F3N4O4. The molecule has 1 fully saturated rings. The molecule has 2 aromatic rings. The first-order valence-electron chi connectivity index (χ1n) is 10.2. The number of ether oxygens (including phenoxy) is 2. The molecule has 1 saturated heterocycles. The summed E-state index contributed by atoms with van der Waals surface area (Å²) in [5.41, 5.74) is 0.690. The summed E-state index contributed by atoms with van der Waals surface area (Å²) in [5, 5.41) is 14.0. The van der Waals surface area contributed by atoms with Gasteiger partial charge < -0.3 is 24.4 Å². The quantitative estimate of drug-likeness (QED) is 0.743. The van der Waals surface area contributed by atoms with Gasteiger partial charge in [0, 0.05) is 51.0 Å². The van der Waals surface area contributed by atoms with E-state index in [0.29, 0.717) is 49.8 Å². The van der Waals surface area contributed by atoms with E-state index < -0.39 is 12.0 Å². The Bertz CT molecular complexity index is 915. The minimum atomic E-state index is -4.76. The number of alkyl halides is 3. The molecule has 1 aromatic carbocycles. The third kappa shape index (κ3) is 6.28. The zero-order valence-electron chi connectivity index (χ0n) is 18.2. The number of aromatic nitrogens is 2. The normalized spacial score (nSPS) is 15.1. The maximum absolute atomic E-state index is 12.4. The number of halogens is 3. The Balaban J connectivity index is 1.72. The summed E-state index contributed by atoms with van der Waals surface area (Å²) in [4.78, 5) is 15.9. The van der Waals surface area contributed by atoms with Crippen molar-refractivity contribution in [1.82, 2.24) is 14.7 Å². The number of nitrogens with zero attached hydrogens (tertiary/aromatic N) is 4. The van der Waals surface area contributed by atoms with Crippen LogP contribution in [0.15, 0.2) is 30.3 Å². The fourth-order valence-corrected chi connectivity index (χ4v) is 3.31. The van der Waals surface area contributed by atoms with Gasteiger partial charge in [-0.3, -0.25) is 0 Å². The van der Waals surface area contributed by atoms with Crippen molar-refractivity contribution < 1.29 is 32.5 Å². The average molecular weight is 456 g/mol. The molecule has 1 aliphatic heterocycles. The third-order valence-electron chi connectivity index (χ3n) is 4.71. The average Bonchev–Trinajstić information content (AvgIpc) is 3.10. The highest BCUT2D eigenvalue weighted by molar-refractivity contribution is 5.68. The number of amides is 1. The van der Waals surface area contributed by atoms with Gasteiger partial charge in [-0.15, -0.1) is 13.2 Å². The Morgan fingerprint density at radius 3 is 2.25 bits per heavy atom. The van der Waals surface area contributed by atoms with Crippen LogP contribution in [-0.4, -0.2) is 70.6 Å². The largest absolute Gasteiger partial charge is 0.573 e. The lowest BCUT2D eigenvalue weighted by atomic mass is 10.2. The smallest absolute Gasteiger partial charge is 0.444 e. The maximum Gasteiger partial charge on any atom is 0.573 e. The number of hydrogen-bond acceptors (Lipinski definition) is 6. The Hall–Kier alpha value is -2.95. The van der Waals surface area contributed by atoms with E-state index in [0.717, 1.165) is 0 Å². The van der Waals surface area contributed by atoms with Gasteiger partial charge in [0.25, 0.3) is 0 Å². The second kappa shape index (κ2) is 9.27. The summed E-state index contributed by atoms with van der Waals surface area (Å²) in [5.74, 6) is 0.337. The molecule has 0 spiro atoms. The zero-order chi connectivity index (χ0) is 23.5. The van der Waals surface area contributed by atoms with Crippen LogP contribution < -0.4 is 9.64 Å². The first kappa shape index (κ1) is 23.7. The van der Waals surface area contributed by atoms with Crippen LogP contribution in [0.2, 0.25) is 0 Å². The van der Waals surface area contributed by atoms with Crippen molar-refractivity contribution in [2.75, 3.05) is 37.7 Å². The van der Waals surface area contributed by atoms with Crippen molar-refractivity contribution >= 4 is 11.9 Å². The molecular weight excluding hydrogens is 429 g/mol. The number of carbonyl (C=O) groups excluding carboxylic acids is 1. The number of aliphatic hydroxyl groups excluding tert-OH is 1. The fourth-order valence-electron chi connectivity index (χ4n) is 3.31. The second-order valence-corrected chi connectivity index (χ2v) is 8.38. The van der Waals surface area contributed by atoms with E-state index in [4.69, 9.17) is 4.74 Å². The van der Waals surface area contributed by atoms with Crippen LogP contribution in [0.1, 0.15) is 26.5 Å². The fraction of sp³-hybridized carbons (Fsp3) is 0.524. The molecule has 11 heteroatoms. The molecule has 2 heterocycles. The Labute approximate surface area is 184 Å². The number of carbonyl (C=O) groups is 1. The molecule has 0 aliphatic carbocycles. The van der Waals surface area contributed by atoms with E-state index >= 15 is 0 Å². The monoisotopic (exact) mass is 456 g/mol. The second-order valence-electron chi connectivity index (χ2n) is 8.38. The van der Waals surface area contributed by atoms with Gasteiger partial charge >= 0.3 is 12.5 Å². The van der Waals surface area contributed by atoms with Gasteiger partial charge in [-0.1, -0.05) is 0 Å². The number of hydrogen-bond donors (Lipinski definition) is 1. The highest BCUT2D eigenvalue weighted by atomic mass is 19.4. The third-order valence-corrected chi connectivity index (χ3v) is 4.71. The highest BCUT2D eigenvalue weighted by Gasteiger charge is 2.31. The molecule has 1 aliphatic rings. The van der Waals surface area contributed by atoms with Gasteiger partial charge in [0.15, 0.2) is 5.82 Å². The number of anilines is 1. The van der Waals surface area contributed by atoms with E-state index in [1.54, 1.807) is 9.58 Å². The highest BCUT2D eigenvalue weighted by Crippen LogP contribution is 2.26. The molecule has 8 nitrogen and oxygen atoms in total. The van der Waals surface area contributed by atoms with E-state index in [1.165, 1.54) is 24.3 Å². The lowest BCUT2D eigenvalue weighted by molar-refractivity contribution is -0.274. The molecule has 0 atom stereocenters. The maximum atomic E-state index is 12.4. The van der Waals surface area contributed by atoms with Crippen LogP contribution >= 0.6 is 0 Å². The first-order valence-corrected chi connectivity index (χ1v) is 10.2. The molecule has 176 valence electrons. The van der Waals surface area contributed by atoms with Crippen LogP contribution in [0.4, 0.5) is 23.8 Å². The summed E-state index contributed by atoms with van der Waals surface area (Å²) in [6.07, 6.45) is -4.79. The van der Waals surface area contributed by atoms with Crippen LogP contribution in [0.3, 0.4) is 0 Å². The molecule has 0 radical (unpaired) electrons. The number of benzene rings is 1. The summed E-state index contributed by atoms with van der Waals surface area (Å²) < 4.78 is 48.1. The Kier molecular flexibility index (Phi) is 6.87. The van der Waals surface area contributed by atoms with E-state index in [9.17, 15) is 23.1 Å². The van der Waals surface area contributed by atoms with Gasteiger partial charge in [0.05, 0.1) is 5.69 Å². The topological polar surface area (TPSA) is 80.1 Å². The lowest BCUT2D eigenvalue weighted by Gasteiger charge is -2.35. The van der Waals surface area contributed by atoms with E-state index in [-0.39, 0.29) is 18.4 Å². The SMILES string of the molecule is CC(C)(C)OC(=O)N1CCN(c2cc(CCO)n(-c3ccc(OC(F)(F)F)cc3)n2)CC1. The van der Waals surface area contributed by atoms with Crippen molar-refractivity contribution in [3.8, 4) is 11.4 Å². The van der Waals surface area contributed by atoms with E-state index in [2.05, 4.69) is 9.84 Å². The number of rotatable bonds is 5. The van der Waals surface area contributed by atoms with Crippen LogP contribution in [0.25, 0.3) is 5.69 Å². The number of piperazine rings is 1. The molecule has 1 amide bonds. The van der Waals surface area contributed by atoms with Crippen molar-refractivity contribution in [3.05, 3.63) is 36.0 Å². The standard InChI is InChI=1S/C21H27F3N4O4/c1-20(2,3)32-19(30)27-11-9-26(10-12-27)18-14-16(8-13-29)28(25-18)15-4-6-17(7-5-15)31-21(22,23)24/h4-7,14,29H,8-13H2,1-3H3. The molecule has 3 rings (SSSR count). The molecule has 1 N–H and O–H groups in total. The van der Waals surface area contributed by atoms with Gasteiger partial charge in [-0.05, 0) is 45.0 Å². The van der Waals surface area contributed by atoms with Crippen molar-refractivity contribution in [1.29, 1.82) is 0 Å². The van der Waals surface area contributed by atoms with Crippen LogP contribution in [0, 0.1) is 0 Å². The first-order chi connectivity index (χ1) is 14.9. The summed E-state index contributed by atoms with van der Waals surface area (Å²) >= 11 is 0. The Morgan fingerprint density at radius 1 is 1.09 bits per heavy atom. The van der Waals surface area contributed by atoms with Crippen molar-refractivity contribution in [3.63, 3.8) is 0 Å². The molecule has 0 saturated carbocycles. The summed E-state index contributed by atoms with van der Waals surface area (Å²) in [7, 11) is 0. The van der Waals surface area contributed by atoms with Crippen molar-refractivity contribution in [2.24, 2.45) is 0 Å². The predicted octanol–water partition coefficient (Wildman–Crippen LogP) is 3.36. The molecule has 32 heavy (non-hydrogen) atoms. The lowest BCUT2D eigenvalue weighted by Crippen LogP contribution is -2.50. The minimum absolute atomic E-state index is 0.104. The van der Waals surface area contributed by atoms with E-state index in [1.807, 2.05) is 31.7 Å². The molecule has 0 bridgehead atoms. The van der Waals surface area contributed by atoms with Gasteiger partial charge in [-0.2, -0.15) is 5.10 Å². The van der Waals surface area contributed by atoms with Crippen LogP contribution in [0.5, 0.6) is 5.75 Å². The zero-order valence-corrected chi connectivity index (χ0v) is 18.2. The summed E-state index contributed by atoms with van der Waals surface area (Å²) in [6, 6.07) is 7.21. The van der Waals surface area contributed by atoms with Gasteiger partial charge in [0.1, 0.15) is 11.4 Å². The summed E-state index contributed by atoms with van der Waals surface area (Å²) in [6.45, 7) is 7.39. The van der Waals surface area contributed by atoms with Gasteiger partial charge in [0.2, 0.25) is 0 Å². The van der Waals surface area contributed by atoms with Crippen LogP contribution in [-0.2, 0) is 11.2 Å². The van der Waals surface area contributed by atoms with Crippen molar-refractivity contribution in [2.45, 2.75) is 39.2 Å². The van der Waals surface area contributed by atoms with Gasteiger partial charge in [-0.25, -0.2) is 9.48 Å². The molecule has 0 unspecified atom stereocenters.